The van der Waals surface area contributed by atoms with E-state index in [9.17, 15) is 9.59 Å². The van der Waals surface area contributed by atoms with Crippen molar-refractivity contribution in [3.05, 3.63) is 11.6 Å². The van der Waals surface area contributed by atoms with E-state index < -0.39 is 11.8 Å². The van der Waals surface area contributed by atoms with Crippen LogP contribution in [0.25, 0.3) is 0 Å². The smallest absolute Gasteiger partial charge is 0.310 e. The molecule has 1 rings (SSSR count). The Kier molecular flexibility index (Phi) is 8.21. The molecule has 0 aliphatic heterocycles. The van der Waals surface area contributed by atoms with E-state index in [0.29, 0.717) is 19.6 Å². The maximum Gasteiger partial charge on any atom is 0.310 e. The number of hydrogen-bond acceptors (Lipinski definition) is 4. The molecule has 0 saturated carbocycles. The number of allylic oxidation sites excluding steroid dienone is 2. The van der Waals surface area contributed by atoms with Crippen LogP contribution < -0.4 is 0 Å². The lowest BCUT2D eigenvalue weighted by molar-refractivity contribution is -0.163. The molecule has 3 atom stereocenters. The maximum atomic E-state index is 12.4. The van der Waals surface area contributed by atoms with Crippen molar-refractivity contribution in [3.8, 4) is 0 Å². The van der Waals surface area contributed by atoms with Gasteiger partial charge in [-0.1, -0.05) is 45.3 Å². The summed E-state index contributed by atoms with van der Waals surface area (Å²) >= 11 is 0. The summed E-state index contributed by atoms with van der Waals surface area (Å²) in [6.45, 7) is 8.96. The fourth-order valence-electron chi connectivity index (χ4n) is 2.73. The van der Waals surface area contributed by atoms with Gasteiger partial charge >= 0.3 is 11.9 Å². The minimum Gasteiger partial charge on any atom is -0.465 e. The zero-order valence-electron chi connectivity index (χ0n) is 14.4. The largest absolute Gasteiger partial charge is 0.465 e. The van der Waals surface area contributed by atoms with Crippen LogP contribution in [0.3, 0.4) is 0 Å². The van der Waals surface area contributed by atoms with Gasteiger partial charge in [0.1, 0.15) is 0 Å². The SMILES string of the molecule is CCCCOC(=O)C1CC=C(C)C(C)C1C(=O)OCCCC. The lowest BCUT2D eigenvalue weighted by atomic mass is 9.73. The van der Waals surface area contributed by atoms with E-state index in [2.05, 4.69) is 13.8 Å². The second kappa shape index (κ2) is 9.65. The molecule has 0 radical (unpaired) electrons. The number of carbonyl (C=O) groups is 2. The van der Waals surface area contributed by atoms with E-state index >= 15 is 0 Å². The summed E-state index contributed by atoms with van der Waals surface area (Å²) in [4.78, 5) is 24.7. The van der Waals surface area contributed by atoms with E-state index in [0.717, 1.165) is 31.3 Å². The van der Waals surface area contributed by atoms with Crippen molar-refractivity contribution in [3.63, 3.8) is 0 Å². The Balaban J connectivity index is 2.74. The van der Waals surface area contributed by atoms with E-state index in [-0.39, 0.29) is 17.9 Å². The molecule has 1 aliphatic carbocycles. The first-order valence-corrected chi connectivity index (χ1v) is 8.52. The molecule has 0 heterocycles. The van der Waals surface area contributed by atoms with Crippen LogP contribution in [-0.2, 0) is 19.1 Å². The molecule has 0 spiro atoms. The highest BCUT2D eigenvalue weighted by molar-refractivity contribution is 5.83. The Bertz CT molecular complexity index is 400. The molecule has 0 N–H and O–H groups in total. The van der Waals surface area contributed by atoms with Gasteiger partial charge in [-0.25, -0.2) is 0 Å². The molecule has 0 aromatic rings. The van der Waals surface area contributed by atoms with Crippen molar-refractivity contribution in [1.29, 1.82) is 0 Å². The second-order valence-electron chi connectivity index (χ2n) is 6.15. The predicted octanol–water partition coefficient (Wildman–Crippen LogP) is 3.89. The molecule has 0 saturated heterocycles. The normalized spacial score (nSPS) is 24.5. The number of rotatable bonds is 8. The molecule has 22 heavy (non-hydrogen) atoms. The number of unbranched alkanes of at least 4 members (excludes halogenated alkanes) is 2. The highest BCUT2D eigenvalue weighted by atomic mass is 16.5. The quantitative estimate of drug-likeness (QED) is 0.388. The van der Waals surface area contributed by atoms with E-state index in [1.807, 2.05) is 19.9 Å². The first-order chi connectivity index (χ1) is 10.5. The molecule has 0 bridgehead atoms. The van der Waals surface area contributed by atoms with Gasteiger partial charge in [0.2, 0.25) is 0 Å². The zero-order valence-corrected chi connectivity index (χ0v) is 14.4. The van der Waals surface area contributed by atoms with Gasteiger partial charge < -0.3 is 9.47 Å². The van der Waals surface area contributed by atoms with Gasteiger partial charge in [0, 0.05) is 0 Å². The lowest BCUT2D eigenvalue weighted by Gasteiger charge is -2.32. The fourth-order valence-corrected chi connectivity index (χ4v) is 2.73. The number of ether oxygens (including phenoxy) is 2. The van der Waals surface area contributed by atoms with Crippen molar-refractivity contribution < 1.29 is 19.1 Å². The van der Waals surface area contributed by atoms with Crippen LogP contribution in [0.15, 0.2) is 11.6 Å². The Labute approximate surface area is 134 Å². The highest BCUT2D eigenvalue weighted by Crippen LogP contribution is 2.36. The zero-order chi connectivity index (χ0) is 16.5. The molecule has 126 valence electrons. The Morgan fingerprint density at radius 3 is 2.18 bits per heavy atom. The van der Waals surface area contributed by atoms with Crippen LogP contribution in [0, 0.1) is 17.8 Å². The average molecular weight is 310 g/mol. The minimum absolute atomic E-state index is 0.0200. The minimum atomic E-state index is -0.420. The molecular weight excluding hydrogens is 280 g/mol. The van der Waals surface area contributed by atoms with Crippen molar-refractivity contribution >= 4 is 11.9 Å². The van der Waals surface area contributed by atoms with E-state index in [4.69, 9.17) is 9.47 Å². The Hall–Kier alpha value is -1.32. The van der Waals surface area contributed by atoms with Crippen LogP contribution >= 0.6 is 0 Å². The summed E-state index contributed by atoms with van der Waals surface area (Å²) in [5, 5.41) is 0. The van der Waals surface area contributed by atoms with E-state index in [1.165, 1.54) is 0 Å². The summed E-state index contributed by atoms with van der Waals surface area (Å²) in [7, 11) is 0. The monoisotopic (exact) mass is 310 g/mol. The standard InChI is InChI=1S/C18H30O4/c1-5-7-11-21-17(19)15-10-9-13(3)14(4)16(15)18(20)22-12-8-6-2/h9,14-16H,5-8,10-12H2,1-4H3. The van der Waals surface area contributed by atoms with Gasteiger partial charge in [0.15, 0.2) is 0 Å². The van der Waals surface area contributed by atoms with E-state index in [1.54, 1.807) is 0 Å². The predicted molar refractivity (Wildman–Crippen MR) is 86.3 cm³/mol. The van der Waals surface area contributed by atoms with Gasteiger partial charge in [-0.2, -0.15) is 0 Å². The summed E-state index contributed by atoms with van der Waals surface area (Å²) in [6.07, 6.45) is 6.29. The van der Waals surface area contributed by atoms with Gasteiger partial charge in [0.25, 0.3) is 0 Å². The molecule has 3 unspecified atom stereocenters. The van der Waals surface area contributed by atoms with Crippen LogP contribution in [0.2, 0.25) is 0 Å². The van der Waals surface area contributed by atoms with Crippen LogP contribution in [0.4, 0.5) is 0 Å². The molecule has 0 aromatic carbocycles. The van der Waals surface area contributed by atoms with Crippen LogP contribution in [-0.4, -0.2) is 25.2 Å². The van der Waals surface area contributed by atoms with Gasteiger partial charge in [0.05, 0.1) is 25.0 Å². The Morgan fingerprint density at radius 1 is 1.09 bits per heavy atom. The third-order valence-electron chi connectivity index (χ3n) is 4.44. The van der Waals surface area contributed by atoms with Crippen molar-refractivity contribution in [2.45, 2.75) is 59.8 Å². The van der Waals surface area contributed by atoms with Gasteiger partial charge in [-0.3, -0.25) is 9.59 Å². The van der Waals surface area contributed by atoms with Crippen LogP contribution in [0.1, 0.15) is 59.8 Å². The molecule has 1 aliphatic rings. The Morgan fingerprint density at radius 2 is 1.64 bits per heavy atom. The van der Waals surface area contributed by atoms with Crippen LogP contribution in [0.5, 0.6) is 0 Å². The number of hydrogen-bond donors (Lipinski definition) is 0. The summed E-state index contributed by atoms with van der Waals surface area (Å²) in [5.41, 5.74) is 1.15. The number of esters is 2. The molecular formula is C18H30O4. The van der Waals surface area contributed by atoms with Crippen molar-refractivity contribution in [1.82, 2.24) is 0 Å². The van der Waals surface area contributed by atoms with Gasteiger partial charge in [-0.05, 0) is 32.1 Å². The van der Waals surface area contributed by atoms with Gasteiger partial charge in [-0.15, -0.1) is 0 Å². The first kappa shape index (κ1) is 18.7. The second-order valence-corrected chi connectivity index (χ2v) is 6.15. The molecule has 0 fully saturated rings. The summed E-state index contributed by atoms with van der Waals surface area (Å²) in [5.74, 6) is -1.33. The summed E-state index contributed by atoms with van der Waals surface area (Å²) < 4.78 is 10.7. The third kappa shape index (κ3) is 5.15. The summed E-state index contributed by atoms with van der Waals surface area (Å²) in [6, 6.07) is 0. The highest BCUT2D eigenvalue weighted by Gasteiger charge is 2.41. The molecule has 0 aromatic heterocycles. The topological polar surface area (TPSA) is 52.6 Å². The lowest BCUT2D eigenvalue weighted by Crippen LogP contribution is -2.39. The van der Waals surface area contributed by atoms with Crippen molar-refractivity contribution in [2.24, 2.45) is 17.8 Å². The average Bonchev–Trinajstić information content (AvgIpc) is 2.50. The molecule has 0 amide bonds. The first-order valence-electron chi connectivity index (χ1n) is 8.52. The maximum absolute atomic E-state index is 12.4. The fraction of sp³-hybridized carbons (Fsp3) is 0.778. The van der Waals surface area contributed by atoms with Crippen molar-refractivity contribution in [2.75, 3.05) is 13.2 Å². The molecule has 4 heteroatoms. The molecule has 4 nitrogen and oxygen atoms in total. The third-order valence-corrected chi connectivity index (χ3v) is 4.44. The number of carbonyl (C=O) groups excluding carboxylic acids is 2.